The molecular formula is C24H29ClN6O3S. The molecule has 9 nitrogen and oxygen atoms in total. The van der Waals surface area contributed by atoms with Crippen molar-refractivity contribution in [1.82, 2.24) is 24.8 Å². The summed E-state index contributed by atoms with van der Waals surface area (Å²) in [6.45, 7) is 8.99. The van der Waals surface area contributed by atoms with Crippen LogP contribution in [-0.2, 0) is 15.4 Å². The van der Waals surface area contributed by atoms with Crippen LogP contribution in [0.25, 0.3) is 5.69 Å². The van der Waals surface area contributed by atoms with Gasteiger partial charge in [-0.3, -0.25) is 9.52 Å². The van der Waals surface area contributed by atoms with Gasteiger partial charge in [0.05, 0.1) is 22.5 Å². The van der Waals surface area contributed by atoms with E-state index in [9.17, 15) is 13.2 Å². The summed E-state index contributed by atoms with van der Waals surface area (Å²) in [5.41, 5.74) is 1.74. The molecule has 0 atom stereocenters. The van der Waals surface area contributed by atoms with Crippen LogP contribution in [0.5, 0.6) is 0 Å². The standard InChI is InChI=1S/C24H29ClN6O3S/c1-24(2,3)17-5-8-19(9-6-17)35(33,34)27-20-10-7-18(25)15-22(20)31-16-21(26-28-31)23(32)30-13-11-29(4)12-14-30/h5-10,15-16,27H,11-14H2,1-4H3. The van der Waals surface area contributed by atoms with Crippen molar-refractivity contribution in [2.75, 3.05) is 37.9 Å². The number of benzene rings is 2. The summed E-state index contributed by atoms with van der Waals surface area (Å²) in [5.74, 6) is -0.215. The summed E-state index contributed by atoms with van der Waals surface area (Å²) >= 11 is 6.20. The van der Waals surface area contributed by atoms with Crippen molar-refractivity contribution in [3.8, 4) is 5.69 Å². The molecule has 0 unspecified atom stereocenters. The predicted octanol–water partition coefficient (Wildman–Crippen LogP) is 3.41. The number of nitrogens with zero attached hydrogens (tertiary/aromatic N) is 5. The fraction of sp³-hybridized carbons (Fsp3) is 0.375. The van der Waals surface area contributed by atoms with Gasteiger partial charge in [0.2, 0.25) is 0 Å². The first-order valence-corrected chi connectivity index (χ1v) is 13.1. The highest BCUT2D eigenvalue weighted by Crippen LogP contribution is 2.28. The quantitative estimate of drug-likeness (QED) is 0.558. The molecule has 1 aliphatic heterocycles. The van der Waals surface area contributed by atoms with Gasteiger partial charge in [0.15, 0.2) is 5.69 Å². The van der Waals surface area contributed by atoms with Crippen LogP contribution in [0.4, 0.5) is 5.69 Å². The Morgan fingerprint density at radius 2 is 1.69 bits per heavy atom. The first kappa shape index (κ1) is 25.2. The number of nitrogens with one attached hydrogen (secondary N) is 1. The maximum Gasteiger partial charge on any atom is 0.276 e. The Bertz CT molecular complexity index is 1320. The molecule has 0 saturated carbocycles. The van der Waals surface area contributed by atoms with E-state index in [1.807, 2.05) is 19.2 Å². The van der Waals surface area contributed by atoms with Crippen LogP contribution in [-0.4, -0.2) is 72.3 Å². The molecule has 1 N–H and O–H groups in total. The molecule has 0 aliphatic carbocycles. The molecule has 0 radical (unpaired) electrons. The number of aromatic nitrogens is 3. The fourth-order valence-electron chi connectivity index (χ4n) is 3.77. The van der Waals surface area contributed by atoms with E-state index in [0.717, 1.165) is 18.7 Å². The van der Waals surface area contributed by atoms with E-state index in [-0.39, 0.29) is 27.6 Å². The van der Waals surface area contributed by atoms with Gasteiger partial charge in [-0.25, -0.2) is 13.1 Å². The lowest BCUT2D eigenvalue weighted by Gasteiger charge is -2.31. The molecule has 1 aliphatic rings. The summed E-state index contributed by atoms with van der Waals surface area (Å²) in [4.78, 5) is 16.9. The smallest absolute Gasteiger partial charge is 0.276 e. The second-order valence-corrected chi connectivity index (χ2v) is 11.8. The van der Waals surface area contributed by atoms with Crippen LogP contribution in [0.3, 0.4) is 0 Å². The SMILES string of the molecule is CN1CCN(C(=O)c2cn(-c3cc(Cl)ccc3NS(=O)(=O)c3ccc(C(C)(C)C)cc3)nn2)CC1. The van der Waals surface area contributed by atoms with Crippen LogP contribution in [0.2, 0.25) is 5.02 Å². The van der Waals surface area contributed by atoms with Gasteiger partial charge < -0.3 is 9.80 Å². The minimum Gasteiger partial charge on any atom is -0.335 e. The normalized spacial score (nSPS) is 15.3. The number of hydrogen-bond acceptors (Lipinski definition) is 6. The van der Waals surface area contributed by atoms with Gasteiger partial charge in [0.25, 0.3) is 15.9 Å². The van der Waals surface area contributed by atoms with Gasteiger partial charge in [-0.05, 0) is 48.4 Å². The van der Waals surface area contributed by atoms with Gasteiger partial charge in [-0.1, -0.05) is 49.7 Å². The lowest BCUT2D eigenvalue weighted by Crippen LogP contribution is -2.47. The highest BCUT2D eigenvalue weighted by atomic mass is 35.5. The molecule has 0 bridgehead atoms. The fourth-order valence-corrected chi connectivity index (χ4v) is 5.01. The summed E-state index contributed by atoms with van der Waals surface area (Å²) in [6, 6.07) is 11.5. The number of carbonyl (C=O) groups excluding carboxylic acids is 1. The van der Waals surface area contributed by atoms with Gasteiger partial charge in [0, 0.05) is 31.2 Å². The van der Waals surface area contributed by atoms with Gasteiger partial charge in [0.1, 0.15) is 0 Å². The Hall–Kier alpha value is -2.95. The highest BCUT2D eigenvalue weighted by molar-refractivity contribution is 7.92. The van der Waals surface area contributed by atoms with E-state index < -0.39 is 10.0 Å². The maximum atomic E-state index is 13.1. The number of carbonyl (C=O) groups is 1. The highest BCUT2D eigenvalue weighted by Gasteiger charge is 2.24. The second-order valence-electron chi connectivity index (χ2n) is 9.69. The lowest BCUT2D eigenvalue weighted by molar-refractivity contribution is 0.0658. The van der Waals surface area contributed by atoms with Crippen molar-refractivity contribution in [1.29, 1.82) is 0 Å². The zero-order valence-electron chi connectivity index (χ0n) is 20.2. The molecule has 1 saturated heterocycles. The number of rotatable bonds is 5. The summed E-state index contributed by atoms with van der Waals surface area (Å²) in [6.07, 6.45) is 1.49. The first-order chi connectivity index (χ1) is 16.4. The average molecular weight is 517 g/mol. The Morgan fingerprint density at radius 1 is 1.03 bits per heavy atom. The lowest BCUT2D eigenvalue weighted by atomic mass is 9.87. The third-order valence-corrected chi connectivity index (χ3v) is 7.60. The van der Waals surface area contributed by atoms with E-state index in [4.69, 9.17) is 11.6 Å². The minimum absolute atomic E-state index is 0.0918. The Balaban J connectivity index is 1.60. The van der Waals surface area contributed by atoms with Gasteiger partial charge in [-0.2, -0.15) is 0 Å². The van der Waals surface area contributed by atoms with Crippen molar-refractivity contribution in [2.45, 2.75) is 31.1 Å². The largest absolute Gasteiger partial charge is 0.335 e. The van der Waals surface area contributed by atoms with Crippen LogP contribution < -0.4 is 4.72 Å². The Kier molecular flexibility index (Phi) is 6.90. The molecule has 11 heteroatoms. The number of piperazine rings is 1. The number of amides is 1. The minimum atomic E-state index is -3.89. The van der Waals surface area contributed by atoms with Crippen molar-refractivity contribution >= 4 is 33.2 Å². The van der Waals surface area contributed by atoms with Crippen molar-refractivity contribution in [3.05, 3.63) is 64.9 Å². The summed E-state index contributed by atoms with van der Waals surface area (Å²) in [5, 5.41) is 8.50. The maximum absolute atomic E-state index is 13.1. The molecule has 3 aromatic rings. The molecule has 2 aromatic carbocycles. The number of anilines is 1. The molecule has 4 rings (SSSR count). The molecule has 0 spiro atoms. The van der Waals surface area contributed by atoms with E-state index in [0.29, 0.717) is 23.8 Å². The van der Waals surface area contributed by atoms with Gasteiger partial charge >= 0.3 is 0 Å². The van der Waals surface area contributed by atoms with Crippen LogP contribution in [0.15, 0.2) is 53.6 Å². The van der Waals surface area contributed by atoms with E-state index in [1.54, 1.807) is 35.2 Å². The van der Waals surface area contributed by atoms with Crippen LogP contribution in [0.1, 0.15) is 36.8 Å². The van der Waals surface area contributed by atoms with Crippen molar-refractivity contribution in [2.24, 2.45) is 0 Å². The summed E-state index contributed by atoms with van der Waals surface area (Å²) < 4.78 is 30.2. The number of likely N-dealkylation sites (N-methyl/N-ethyl adjacent to an activating group) is 1. The van der Waals surface area contributed by atoms with Gasteiger partial charge in [-0.15, -0.1) is 5.10 Å². The van der Waals surface area contributed by atoms with Crippen LogP contribution in [0, 0.1) is 0 Å². The van der Waals surface area contributed by atoms with E-state index >= 15 is 0 Å². The third kappa shape index (κ3) is 5.66. The van der Waals surface area contributed by atoms with Crippen LogP contribution >= 0.6 is 11.6 Å². The predicted molar refractivity (Wildman–Crippen MR) is 136 cm³/mol. The first-order valence-electron chi connectivity index (χ1n) is 11.3. The van der Waals surface area contributed by atoms with E-state index in [1.165, 1.54) is 10.9 Å². The summed E-state index contributed by atoms with van der Waals surface area (Å²) in [7, 11) is -1.87. The number of halogens is 1. The Morgan fingerprint density at radius 3 is 2.31 bits per heavy atom. The zero-order valence-corrected chi connectivity index (χ0v) is 21.8. The Labute approximate surface area is 210 Å². The molecule has 1 aromatic heterocycles. The second kappa shape index (κ2) is 9.60. The molecule has 2 heterocycles. The molecular weight excluding hydrogens is 488 g/mol. The molecule has 186 valence electrons. The van der Waals surface area contributed by atoms with Crippen molar-refractivity contribution in [3.63, 3.8) is 0 Å². The number of hydrogen-bond donors (Lipinski definition) is 1. The molecule has 35 heavy (non-hydrogen) atoms. The number of sulfonamides is 1. The van der Waals surface area contributed by atoms with E-state index in [2.05, 4.69) is 40.7 Å². The molecule has 1 fully saturated rings. The topological polar surface area (TPSA) is 100 Å². The zero-order chi connectivity index (χ0) is 25.4. The third-order valence-electron chi connectivity index (χ3n) is 5.98. The average Bonchev–Trinajstić information content (AvgIpc) is 3.30. The monoisotopic (exact) mass is 516 g/mol. The van der Waals surface area contributed by atoms with Crippen molar-refractivity contribution < 1.29 is 13.2 Å². The molecule has 1 amide bonds.